The monoisotopic (exact) mass is 364 g/mol. The zero-order chi connectivity index (χ0) is 17.8. The molecule has 1 saturated heterocycles. The molecule has 0 radical (unpaired) electrons. The van der Waals surface area contributed by atoms with E-state index in [2.05, 4.69) is 21.8 Å². The Kier molecular flexibility index (Phi) is 5.72. The van der Waals surface area contributed by atoms with Crippen molar-refractivity contribution in [1.82, 2.24) is 19.6 Å². The molecule has 25 heavy (non-hydrogen) atoms. The fourth-order valence-electron chi connectivity index (χ4n) is 2.92. The Balaban J connectivity index is 1.78. The van der Waals surface area contributed by atoms with E-state index in [4.69, 9.17) is 26.1 Å². The van der Waals surface area contributed by atoms with Crippen molar-refractivity contribution >= 4 is 12.2 Å². The van der Waals surface area contributed by atoms with Gasteiger partial charge in [0.25, 0.3) is 10.7 Å². The zero-order valence-electron chi connectivity index (χ0n) is 14.9. The van der Waals surface area contributed by atoms with Gasteiger partial charge in [-0.05, 0) is 30.9 Å². The molecule has 3 rings (SSSR count). The Morgan fingerprint density at radius 2 is 1.84 bits per heavy atom. The van der Waals surface area contributed by atoms with Crippen LogP contribution in [-0.4, -0.2) is 66.5 Å². The molecular formula is C17H24N4O3S. The van der Waals surface area contributed by atoms with Gasteiger partial charge in [0, 0.05) is 32.2 Å². The molecule has 1 aromatic carbocycles. The molecule has 7 nitrogen and oxygen atoms in total. The summed E-state index contributed by atoms with van der Waals surface area (Å²) in [4.78, 5) is 5.14. The number of hydrogen-bond acceptors (Lipinski definition) is 7. The molecule has 2 aromatic rings. The highest BCUT2D eigenvalue weighted by atomic mass is 32.1. The number of hydrogen-bond donors (Lipinski definition) is 0. The van der Waals surface area contributed by atoms with Gasteiger partial charge in [0.1, 0.15) is 11.5 Å². The van der Waals surface area contributed by atoms with Gasteiger partial charge in [0.15, 0.2) is 0 Å². The zero-order valence-corrected chi connectivity index (χ0v) is 15.7. The summed E-state index contributed by atoms with van der Waals surface area (Å²) in [6.07, 6.45) is 0. The predicted molar refractivity (Wildman–Crippen MR) is 97.6 cm³/mol. The minimum absolute atomic E-state index is 0.366. The Morgan fingerprint density at radius 3 is 2.48 bits per heavy atom. The largest absolute Gasteiger partial charge is 0.497 e. The highest BCUT2D eigenvalue weighted by Crippen LogP contribution is 2.32. The number of rotatable bonds is 6. The Morgan fingerprint density at radius 1 is 1.12 bits per heavy atom. The van der Waals surface area contributed by atoms with Gasteiger partial charge in [-0.3, -0.25) is 4.90 Å². The number of aromatic nitrogens is 2. The third-order valence-electron chi connectivity index (χ3n) is 4.49. The SMILES string of the molecule is CCN1CCN(Cn2nc(-c3ccc(OC)cc3OC)oc2=S)CC1. The minimum Gasteiger partial charge on any atom is -0.497 e. The molecule has 0 spiro atoms. The van der Waals surface area contributed by atoms with Gasteiger partial charge in [-0.1, -0.05) is 6.92 Å². The van der Waals surface area contributed by atoms with Crippen LogP contribution in [0.5, 0.6) is 11.5 Å². The molecule has 136 valence electrons. The molecule has 1 aliphatic heterocycles. The molecule has 0 N–H and O–H groups in total. The number of nitrogens with zero attached hydrogens (tertiary/aromatic N) is 4. The van der Waals surface area contributed by atoms with Crippen LogP contribution < -0.4 is 9.47 Å². The summed E-state index contributed by atoms with van der Waals surface area (Å²) in [5.41, 5.74) is 0.754. The summed E-state index contributed by atoms with van der Waals surface area (Å²) in [5.74, 6) is 1.81. The van der Waals surface area contributed by atoms with Crippen molar-refractivity contribution in [1.29, 1.82) is 0 Å². The van der Waals surface area contributed by atoms with Gasteiger partial charge in [0.2, 0.25) is 0 Å². The van der Waals surface area contributed by atoms with E-state index in [9.17, 15) is 0 Å². The summed E-state index contributed by atoms with van der Waals surface area (Å²) in [6, 6.07) is 5.51. The van der Waals surface area contributed by atoms with Gasteiger partial charge in [-0.25, -0.2) is 4.68 Å². The third-order valence-corrected chi connectivity index (χ3v) is 4.79. The van der Waals surface area contributed by atoms with E-state index in [1.807, 2.05) is 12.1 Å². The van der Waals surface area contributed by atoms with Crippen molar-refractivity contribution in [3.05, 3.63) is 23.0 Å². The third kappa shape index (κ3) is 4.02. The summed E-state index contributed by atoms with van der Waals surface area (Å²) in [7, 11) is 3.23. The maximum absolute atomic E-state index is 5.71. The van der Waals surface area contributed by atoms with E-state index in [0.717, 1.165) is 38.3 Å². The van der Waals surface area contributed by atoms with Crippen LogP contribution in [0.2, 0.25) is 0 Å². The van der Waals surface area contributed by atoms with Crippen LogP contribution in [0.1, 0.15) is 6.92 Å². The van der Waals surface area contributed by atoms with Crippen molar-refractivity contribution < 1.29 is 13.9 Å². The molecule has 8 heteroatoms. The Hall–Kier alpha value is -1.90. The number of methoxy groups -OCH3 is 2. The summed E-state index contributed by atoms with van der Waals surface area (Å²) < 4.78 is 18.1. The highest BCUT2D eigenvalue weighted by Gasteiger charge is 2.19. The van der Waals surface area contributed by atoms with Crippen molar-refractivity contribution in [3.63, 3.8) is 0 Å². The first-order chi connectivity index (χ1) is 12.1. The summed E-state index contributed by atoms with van der Waals surface area (Å²) in [6.45, 7) is 8.07. The number of ether oxygens (including phenoxy) is 2. The quantitative estimate of drug-likeness (QED) is 0.730. The van der Waals surface area contributed by atoms with Crippen LogP contribution in [0.25, 0.3) is 11.5 Å². The molecule has 1 aliphatic rings. The molecule has 1 aromatic heterocycles. The van der Waals surface area contributed by atoms with E-state index in [-0.39, 0.29) is 0 Å². The standard InChI is InChI=1S/C17H24N4O3S/c1-4-19-7-9-20(10-8-19)12-21-17(25)24-16(18-21)14-6-5-13(22-2)11-15(14)23-3/h5-6,11H,4,7-10,12H2,1-3H3. The first-order valence-corrected chi connectivity index (χ1v) is 8.80. The number of benzene rings is 1. The first-order valence-electron chi connectivity index (χ1n) is 8.39. The predicted octanol–water partition coefficient (Wildman–Crippen LogP) is 2.48. The van der Waals surface area contributed by atoms with Crippen molar-refractivity contribution in [2.24, 2.45) is 0 Å². The summed E-state index contributed by atoms with van der Waals surface area (Å²) >= 11 is 5.35. The smallest absolute Gasteiger partial charge is 0.288 e. The van der Waals surface area contributed by atoms with Crippen molar-refractivity contribution in [3.8, 4) is 23.0 Å². The Bertz CT molecular complexity index is 765. The van der Waals surface area contributed by atoms with Gasteiger partial charge < -0.3 is 18.8 Å². The van der Waals surface area contributed by atoms with Crippen LogP contribution in [-0.2, 0) is 6.67 Å². The normalized spacial score (nSPS) is 16.1. The molecule has 0 amide bonds. The van der Waals surface area contributed by atoms with Crippen LogP contribution >= 0.6 is 12.2 Å². The lowest BCUT2D eigenvalue weighted by Gasteiger charge is -2.33. The minimum atomic E-state index is 0.366. The lowest BCUT2D eigenvalue weighted by Crippen LogP contribution is -2.46. The lowest BCUT2D eigenvalue weighted by atomic mass is 10.2. The van der Waals surface area contributed by atoms with E-state index in [1.165, 1.54) is 0 Å². The molecule has 1 fully saturated rings. The van der Waals surface area contributed by atoms with Crippen molar-refractivity contribution in [2.45, 2.75) is 13.6 Å². The van der Waals surface area contributed by atoms with Gasteiger partial charge in [-0.15, -0.1) is 5.10 Å². The molecular weight excluding hydrogens is 340 g/mol. The van der Waals surface area contributed by atoms with Gasteiger partial charge >= 0.3 is 0 Å². The Labute approximate surface area is 152 Å². The number of piperazine rings is 1. The second kappa shape index (κ2) is 7.99. The summed E-state index contributed by atoms with van der Waals surface area (Å²) in [5, 5.41) is 4.55. The maximum atomic E-state index is 5.71. The highest BCUT2D eigenvalue weighted by molar-refractivity contribution is 7.71. The molecule has 0 unspecified atom stereocenters. The van der Waals surface area contributed by atoms with Crippen LogP contribution in [0.15, 0.2) is 22.6 Å². The van der Waals surface area contributed by atoms with Gasteiger partial charge in [-0.2, -0.15) is 0 Å². The van der Waals surface area contributed by atoms with Gasteiger partial charge in [0.05, 0.1) is 26.5 Å². The lowest BCUT2D eigenvalue weighted by molar-refractivity contribution is 0.105. The fourth-order valence-corrected chi connectivity index (χ4v) is 3.09. The number of likely N-dealkylation sites (N-methyl/N-ethyl adjacent to an activating group) is 1. The van der Waals surface area contributed by atoms with E-state index in [1.54, 1.807) is 25.0 Å². The first kappa shape index (κ1) is 17.9. The molecule has 0 aliphatic carbocycles. The van der Waals surface area contributed by atoms with Crippen LogP contribution in [0, 0.1) is 4.84 Å². The molecule has 0 saturated carbocycles. The van der Waals surface area contributed by atoms with Crippen molar-refractivity contribution in [2.75, 3.05) is 46.9 Å². The van der Waals surface area contributed by atoms with Crippen LogP contribution in [0.3, 0.4) is 0 Å². The average molecular weight is 364 g/mol. The molecule has 2 heterocycles. The second-order valence-electron chi connectivity index (χ2n) is 5.93. The topological polar surface area (TPSA) is 55.9 Å². The molecule has 0 bridgehead atoms. The second-order valence-corrected chi connectivity index (χ2v) is 6.28. The maximum Gasteiger partial charge on any atom is 0.288 e. The average Bonchev–Trinajstić information content (AvgIpc) is 3.02. The van der Waals surface area contributed by atoms with E-state index in [0.29, 0.717) is 28.9 Å². The van der Waals surface area contributed by atoms with E-state index < -0.39 is 0 Å². The van der Waals surface area contributed by atoms with E-state index >= 15 is 0 Å². The fraction of sp³-hybridized carbons (Fsp3) is 0.529. The van der Waals surface area contributed by atoms with Crippen LogP contribution in [0.4, 0.5) is 0 Å². The molecule has 0 atom stereocenters.